The third-order valence-corrected chi connectivity index (χ3v) is 10.2. The van der Waals surface area contributed by atoms with Crippen molar-refractivity contribution in [1.29, 1.82) is 0 Å². The lowest BCUT2D eigenvalue weighted by atomic mass is 9.85. The average Bonchev–Trinajstić information content (AvgIpc) is 3.77. The number of furan rings is 2. The van der Waals surface area contributed by atoms with Crippen LogP contribution in [0.2, 0.25) is 0 Å². The molecule has 0 amide bonds. The van der Waals surface area contributed by atoms with Crippen molar-refractivity contribution in [2.45, 2.75) is 0 Å². The fourth-order valence-electron chi connectivity index (χ4n) is 7.10. The minimum atomic E-state index is 0.837. The lowest BCUT2D eigenvalue weighted by Gasteiger charge is -2.18. The van der Waals surface area contributed by atoms with Crippen LogP contribution in [0.25, 0.3) is 96.9 Å². The standard InChI is InChI=1S/C40H22O2S/c1-3-12-27-25(10-1)37(31-16-7-14-29-33-21-23-19-20-41-34(23)22-35(33)42-39(29)31)26-11-2-4-13-28(26)38(27)32-17-8-15-30-24-9-5-6-18-36(24)43-40(30)32/h1-22H. The summed E-state index contributed by atoms with van der Waals surface area (Å²) in [5.74, 6) is 0. The molecule has 0 N–H and O–H groups in total. The van der Waals surface area contributed by atoms with Gasteiger partial charge in [0.15, 0.2) is 0 Å². The Kier molecular flexibility index (Phi) is 4.63. The Hall–Kier alpha value is -5.38. The first kappa shape index (κ1) is 23.2. The fourth-order valence-corrected chi connectivity index (χ4v) is 8.33. The molecular weight excluding hydrogens is 545 g/mol. The Bertz CT molecular complexity index is 2680. The van der Waals surface area contributed by atoms with Crippen LogP contribution in [0.15, 0.2) is 142 Å². The highest BCUT2D eigenvalue weighted by molar-refractivity contribution is 7.26. The summed E-state index contributed by atoms with van der Waals surface area (Å²) in [4.78, 5) is 0. The maximum Gasteiger partial charge on any atom is 0.143 e. The molecule has 0 bridgehead atoms. The van der Waals surface area contributed by atoms with Crippen molar-refractivity contribution in [3.8, 4) is 22.3 Å². The molecule has 0 saturated heterocycles. The van der Waals surface area contributed by atoms with Gasteiger partial charge in [-0.15, -0.1) is 11.3 Å². The molecule has 0 fully saturated rings. The van der Waals surface area contributed by atoms with E-state index < -0.39 is 0 Å². The van der Waals surface area contributed by atoms with Gasteiger partial charge in [-0.05, 0) is 45.3 Å². The lowest BCUT2D eigenvalue weighted by molar-refractivity contribution is 0.613. The van der Waals surface area contributed by atoms with Gasteiger partial charge in [-0.2, -0.15) is 0 Å². The van der Waals surface area contributed by atoms with Gasteiger partial charge in [0.05, 0.1) is 6.26 Å². The summed E-state index contributed by atoms with van der Waals surface area (Å²) in [6.07, 6.45) is 1.73. The fraction of sp³-hybridized carbons (Fsp3) is 0. The summed E-state index contributed by atoms with van der Waals surface area (Å²) < 4.78 is 15.0. The monoisotopic (exact) mass is 566 g/mol. The van der Waals surface area contributed by atoms with Gasteiger partial charge in [-0.1, -0.05) is 103 Å². The van der Waals surface area contributed by atoms with Gasteiger partial charge in [-0.3, -0.25) is 0 Å². The highest BCUT2D eigenvalue weighted by Gasteiger charge is 2.22. The Morgan fingerprint density at radius 1 is 0.442 bits per heavy atom. The zero-order valence-corrected chi connectivity index (χ0v) is 23.7. The van der Waals surface area contributed by atoms with E-state index in [4.69, 9.17) is 8.83 Å². The van der Waals surface area contributed by atoms with E-state index in [-0.39, 0.29) is 0 Å². The molecule has 3 heteroatoms. The first-order valence-electron chi connectivity index (χ1n) is 14.5. The van der Waals surface area contributed by atoms with E-state index in [0.29, 0.717) is 0 Å². The van der Waals surface area contributed by atoms with Crippen molar-refractivity contribution in [3.05, 3.63) is 134 Å². The van der Waals surface area contributed by atoms with Crippen molar-refractivity contribution >= 4 is 86.0 Å². The molecule has 0 spiro atoms. The number of hydrogen-bond acceptors (Lipinski definition) is 3. The second kappa shape index (κ2) is 8.57. The molecule has 3 aromatic heterocycles. The van der Waals surface area contributed by atoms with E-state index in [1.807, 2.05) is 23.5 Å². The van der Waals surface area contributed by atoms with E-state index in [1.165, 1.54) is 58.4 Å². The Labute approximate surface area is 250 Å². The summed E-state index contributed by atoms with van der Waals surface area (Å²) in [6.45, 7) is 0. The van der Waals surface area contributed by atoms with E-state index in [0.717, 1.165) is 38.5 Å². The molecular formula is C40H22O2S. The van der Waals surface area contributed by atoms with Gasteiger partial charge in [0.1, 0.15) is 16.7 Å². The molecule has 10 aromatic rings. The quantitative estimate of drug-likeness (QED) is 0.195. The maximum atomic E-state index is 6.66. The molecule has 0 radical (unpaired) electrons. The zero-order chi connectivity index (χ0) is 28.1. The molecule has 0 aliphatic rings. The molecule has 0 saturated carbocycles. The number of fused-ring (bicyclic) bond motifs is 9. The third-order valence-electron chi connectivity index (χ3n) is 8.95. The molecule has 0 aliphatic carbocycles. The topological polar surface area (TPSA) is 26.3 Å². The van der Waals surface area contributed by atoms with Crippen molar-refractivity contribution in [2.75, 3.05) is 0 Å². The van der Waals surface area contributed by atoms with E-state index in [1.54, 1.807) is 6.26 Å². The Morgan fingerprint density at radius 2 is 1.05 bits per heavy atom. The zero-order valence-electron chi connectivity index (χ0n) is 22.9. The first-order valence-corrected chi connectivity index (χ1v) is 15.3. The van der Waals surface area contributed by atoms with Gasteiger partial charge >= 0.3 is 0 Å². The van der Waals surface area contributed by atoms with E-state index in [9.17, 15) is 0 Å². The Balaban J connectivity index is 1.35. The van der Waals surface area contributed by atoms with Crippen LogP contribution in [0.4, 0.5) is 0 Å². The van der Waals surface area contributed by atoms with Gasteiger partial charge in [0.2, 0.25) is 0 Å². The molecule has 10 rings (SSSR count). The minimum Gasteiger partial charge on any atom is -0.464 e. The molecule has 7 aromatic carbocycles. The third kappa shape index (κ3) is 3.17. The molecule has 0 aliphatic heterocycles. The van der Waals surface area contributed by atoms with E-state index >= 15 is 0 Å². The van der Waals surface area contributed by atoms with Crippen molar-refractivity contribution in [3.63, 3.8) is 0 Å². The largest absolute Gasteiger partial charge is 0.464 e. The van der Waals surface area contributed by atoms with Crippen LogP contribution in [-0.4, -0.2) is 0 Å². The van der Waals surface area contributed by atoms with Crippen molar-refractivity contribution < 1.29 is 8.83 Å². The van der Waals surface area contributed by atoms with Crippen LogP contribution in [0.5, 0.6) is 0 Å². The van der Waals surface area contributed by atoms with Crippen LogP contribution in [0.1, 0.15) is 0 Å². The van der Waals surface area contributed by atoms with Crippen molar-refractivity contribution in [1.82, 2.24) is 0 Å². The van der Waals surface area contributed by atoms with Crippen LogP contribution in [0.3, 0.4) is 0 Å². The highest BCUT2D eigenvalue weighted by atomic mass is 32.1. The van der Waals surface area contributed by atoms with Crippen LogP contribution in [0, 0.1) is 0 Å². The summed E-state index contributed by atoms with van der Waals surface area (Å²) in [6, 6.07) is 45.9. The van der Waals surface area contributed by atoms with Gasteiger partial charge in [0.25, 0.3) is 0 Å². The first-order chi connectivity index (χ1) is 21.3. The molecule has 43 heavy (non-hydrogen) atoms. The normalized spacial score (nSPS) is 12.2. The SMILES string of the molecule is c1ccc2c(c1)sc1c(-c3c4ccccc4c(-c4cccc5c4oc4cc6occc6cc45)c4ccccc34)cccc12. The Morgan fingerprint density at radius 3 is 1.79 bits per heavy atom. The summed E-state index contributed by atoms with van der Waals surface area (Å²) in [5.41, 5.74) is 7.44. The summed E-state index contributed by atoms with van der Waals surface area (Å²) >= 11 is 1.88. The molecule has 2 nitrogen and oxygen atoms in total. The molecule has 3 heterocycles. The number of benzene rings is 7. The second-order valence-corrected chi connectivity index (χ2v) is 12.3. The highest BCUT2D eigenvalue weighted by Crippen LogP contribution is 2.49. The van der Waals surface area contributed by atoms with Gasteiger partial charge in [-0.25, -0.2) is 0 Å². The van der Waals surface area contributed by atoms with Crippen LogP contribution < -0.4 is 0 Å². The molecule has 0 atom stereocenters. The molecule has 0 unspecified atom stereocenters. The predicted molar refractivity (Wildman–Crippen MR) is 182 cm³/mol. The maximum absolute atomic E-state index is 6.66. The summed E-state index contributed by atoms with van der Waals surface area (Å²) in [5, 5.41) is 10.9. The predicted octanol–water partition coefficient (Wildman–Crippen LogP) is 12.3. The van der Waals surface area contributed by atoms with Crippen LogP contribution in [-0.2, 0) is 0 Å². The number of thiophene rings is 1. The number of hydrogen-bond donors (Lipinski definition) is 0. The average molecular weight is 567 g/mol. The van der Waals surface area contributed by atoms with Gasteiger partial charge < -0.3 is 8.83 Å². The smallest absolute Gasteiger partial charge is 0.143 e. The minimum absolute atomic E-state index is 0.837. The second-order valence-electron chi connectivity index (χ2n) is 11.2. The summed E-state index contributed by atoms with van der Waals surface area (Å²) in [7, 11) is 0. The van der Waals surface area contributed by atoms with E-state index in [2.05, 4.69) is 115 Å². The molecule has 200 valence electrons. The number of rotatable bonds is 2. The lowest BCUT2D eigenvalue weighted by Crippen LogP contribution is -1.91. The van der Waals surface area contributed by atoms with Crippen LogP contribution >= 0.6 is 11.3 Å². The van der Waals surface area contributed by atoms with Gasteiger partial charge in [0, 0.05) is 59.1 Å². The number of para-hydroxylation sites is 1. The van der Waals surface area contributed by atoms with Crippen molar-refractivity contribution in [2.24, 2.45) is 0 Å².